The van der Waals surface area contributed by atoms with Crippen LogP contribution in [0.25, 0.3) is 0 Å². The molecule has 0 heterocycles. The fraction of sp³-hybridized carbons (Fsp3) is 0.231. The minimum absolute atomic E-state index is 0.0958. The second-order valence-electron chi connectivity index (χ2n) is 7.55. The zero-order chi connectivity index (χ0) is 23.6. The molecule has 1 unspecified atom stereocenters. The van der Waals surface area contributed by atoms with E-state index in [2.05, 4.69) is 21.2 Å². The van der Waals surface area contributed by atoms with E-state index in [4.69, 9.17) is 11.6 Å². The molecule has 0 saturated carbocycles. The highest BCUT2D eigenvalue weighted by atomic mass is 79.9. The largest absolute Gasteiger partial charge is 0.357 e. The Morgan fingerprint density at radius 3 is 2.30 bits per heavy atom. The first-order valence-corrected chi connectivity index (χ1v) is 12.9. The van der Waals surface area contributed by atoms with Gasteiger partial charge in [0.05, 0.1) is 5.75 Å². The van der Waals surface area contributed by atoms with Crippen LogP contribution in [0.1, 0.15) is 16.7 Å². The van der Waals surface area contributed by atoms with Gasteiger partial charge in [-0.3, -0.25) is 9.59 Å². The molecule has 3 aromatic rings. The second-order valence-corrected chi connectivity index (χ2v) is 9.86. The van der Waals surface area contributed by atoms with Gasteiger partial charge in [0.25, 0.3) is 0 Å². The molecule has 0 spiro atoms. The molecule has 3 aromatic carbocycles. The third-order valence-electron chi connectivity index (χ3n) is 5.22. The SMILES string of the molecule is CNC(=O)C(Cc1ccccc1)N(Cc1ccccc1Cl)C(=O)CSCc1ccc(Br)cc1. The highest BCUT2D eigenvalue weighted by Crippen LogP contribution is 2.22. The lowest BCUT2D eigenvalue weighted by atomic mass is 10.0. The number of carbonyl (C=O) groups is 2. The molecule has 0 aliphatic rings. The van der Waals surface area contributed by atoms with Crippen LogP contribution in [0.5, 0.6) is 0 Å². The van der Waals surface area contributed by atoms with Crippen molar-refractivity contribution < 1.29 is 9.59 Å². The topological polar surface area (TPSA) is 49.4 Å². The monoisotopic (exact) mass is 544 g/mol. The molecule has 172 valence electrons. The van der Waals surface area contributed by atoms with E-state index in [1.165, 1.54) is 11.8 Å². The van der Waals surface area contributed by atoms with E-state index in [1.807, 2.05) is 72.8 Å². The highest BCUT2D eigenvalue weighted by Gasteiger charge is 2.30. The van der Waals surface area contributed by atoms with Crippen LogP contribution >= 0.6 is 39.3 Å². The maximum Gasteiger partial charge on any atom is 0.242 e. The van der Waals surface area contributed by atoms with E-state index < -0.39 is 6.04 Å². The summed E-state index contributed by atoms with van der Waals surface area (Å²) in [6.07, 6.45) is 0.425. The molecule has 0 aliphatic heterocycles. The van der Waals surface area contributed by atoms with Crippen molar-refractivity contribution in [3.05, 3.63) is 105 Å². The van der Waals surface area contributed by atoms with Gasteiger partial charge < -0.3 is 10.2 Å². The Morgan fingerprint density at radius 2 is 1.64 bits per heavy atom. The van der Waals surface area contributed by atoms with Crippen LogP contribution in [0, 0.1) is 0 Å². The fourth-order valence-corrected chi connectivity index (χ4v) is 4.78. The molecule has 4 nitrogen and oxygen atoms in total. The summed E-state index contributed by atoms with van der Waals surface area (Å²) < 4.78 is 1.02. The third kappa shape index (κ3) is 7.63. The maximum atomic E-state index is 13.4. The normalized spacial score (nSPS) is 11.6. The molecule has 0 fully saturated rings. The van der Waals surface area contributed by atoms with Gasteiger partial charge in [-0.15, -0.1) is 11.8 Å². The van der Waals surface area contributed by atoms with Crippen LogP contribution in [0.15, 0.2) is 83.3 Å². The number of hydrogen-bond donors (Lipinski definition) is 1. The molecule has 1 N–H and O–H groups in total. The molecule has 1 atom stereocenters. The van der Waals surface area contributed by atoms with Crippen molar-refractivity contribution in [2.24, 2.45) is 0 Å². The van der Waals surface area contributed by atoms with Gasteiger partial charge in [-0.25, -0.2) is 0 Å². The Bertz CT molecular complexity index is 1060. The Kier molecular flexibility index (Phi) is 9.85. The van der Waals surface area contributed by atoms with E-state index in [-0.39, 0.29) is 24.1 Å². The fourth-order valence-electron chi connectivity index (χ4n) is 3.45. The summed E-state index contributed by atoms with van der Waals surface area (Å²) in [6.45, 7) is 0.266. The third-order valence-corrected chi connectivity index (χ3v) is 7.11. The van der Waals surface area contributed by atoms with Crippen molar-refractivity contribution in [3.8, 4) is 0 Å². The minimum atomic E-state index is -0.644. The summed E-state index contributed by atoms with van der Waals surface area (Å²) in [5.74, 6) is 0.684. The van der Waals surface area contributed by atoms with Gasteiger partial charge >= 0.3 is 0 Å². The van der Waals surface area contributed by atoms with Crippen LogP contribution < -0.4 is 5.32 Å². The van der Waals surface area contributed by atoms with E-state index in [0.717, 1.165) is 21.2 Å². The van der Waals surface area contributed by atoms with Crippen LogP contribution in [0.3, 0.4) is 0 Å². The smallest absolute Gasteiger partial charge is 0.242 e. The predicted octanol–water partition coefficient (Wildman–Crippen LogP) is 5.72. The van der Waals surface area contributed by atoms with Crippen molar-refractivity contribution in [3.63, 3.8) is 0 Å². The maximum absolute atomic E-state index is 13.4. The number of likely N-dealkylation sites (N-methyl/N-ethyl adjacent to an activating group) is 1. The van der Waals surface area contributed by atoms with E-state index in [9.17, 15) is 9.59 Å². The van der Waals surface area contributed by atoms with E-state index in [1.54, 1.807) is 18.0 Å². The summed E-state index contributed by atoms with van der Waals surface area (Å²) in [4.78, 5) is 28.0. The number of nitrogens with zero attached hydrogens (tertiary/aromatic N) is 1. The summed E-state index contributed by atoms with van der Waals surface area (Å²) in [5.41, 5.74) is 2.94. The molecular weight excluding hydrogens is 520 g/mol. The number of amides is 2. The number of rotatable bonds is 10. The lowest BCUT2D eigenvalue weighted by molar-refractivity contribution is -0.139. The van der Waals surface area contributed by atoms with Gasteiger partial charge in [0.15, 0.2) is 0 Å². The lowest BCUT2D eigenvalue weighted by Crippen LogP contribution is -2.50. The quantitative estimate of drug-likeness (QED) is 0.354. The first kappa shape index (κ1) is 25.3. The summed E-state index contributed by atoms with van der Waals surface area (Å²) in [7, 11) is 1.60. The van der Waals surface area contributed by atoms with Gasteiger partial charge in [0, 0.05) is 35.3 Å². The van der Waals surface area contributed by atoms with E-state index >= 15 is 0 Å². The van der Waals surface area contributed by atoms with Crippen LogP contribution in [0.2, 0.25) is 5.02 Å². The summed E-state index contributed by atoms with van der Waals surface area (Å²) in [6, 6.07) is 24.6. The number of nitrogens with one attached hydrogen (secondary N) is 1. The van der Waals surface area contributed by atoms with Crippen molar-refractivity contribution in [2.75, 3.05) is 12.8 Å². The van der Waals surface area contributed by atoms with Crippen molar-refractivity contribution in [1.82, 2.24) is 10.2 Å². The van der Waals surface area contributed by atoms with Crippen molar-refractivity contribution in [2.45, 2.75) is 24.8 Å². The molecule has 33 heavy (non-hydrogen) atoms. The molecular formula is C26H26BrClN2O2S. The Morgan fingerprint density at radius 1 is 0.970 bits per heavy atom. The molecule has 3 rings (SSSR count). The molecule has 0 saturated heterocycles. The zero-order valence-electron chi connectivity index (χ0n) is 18.3. The number of hydrogen-bond acceptors (Lipinski definition) is 3. The van der Waals surface area contributed by atoms with Crippen LogP contribution in [0.4, 0.5) is 0 Å². The number of benzene rings is 3. The Balaban J connectivity index is 1.81. The van der Waals surface area contributed by atoms with Gasteiger partial charge in [0.1, 0.15) is 6.04 Å². The Labute approximate surface area is 212 Å². The van der Waals surface area contributed by atoms with E-state index in [0.29, 0.717) is 17.2 Å². The van der Waals surface area contributed by atoms with Gasteiger partial charge in [-0.05, 0) is 34.9 Å². The summed E-state index contributed by atoms with van der Waals surface area (Å²) in [5, 5.41) is 3.31. The Hall–Kier alpha value is -2.28. The molecule has 7 heteroatoms. The van der Waals surface area contributed by atoms with Crippen molar-refractivity contribution >= 4 is 51.1 Å². The van der Waals surface area contributed by atoms with Gasteiger partial charge in [0.2, 0.25) is 11.8 Å². The number of thioether (sulfide) groups is 1. The minimum Gasteiger partial charge on any atom is -0.357 e. The second kappa shape index (κ2) is 12.8. The average Bonchev–Trinajstić information content (AvgIpc) is 2.83. The molecule has 0 aliphatic carbocycles. The molecule has 0 aromatic heterocycles. The molecule has 0 radical (unpaired) electrons. The van der Waals surface area contributed by atoms with Crippen LogP contribution in [-0.4, -0.2) is 35.6 Å². The first-order chi connectivity index (χ1) is 16.0. The lowest BCUT2D eigenvalue weighted by Gasteiger charge is -2.31. The predicted molar refractivity (Wildman–Crippen MR) is 140 cm³/mol. The van der Waals surface area contributed by atoms with Gasteiger partial charge in [-0.1, -0.05) is 88.2 Å². The van der Waals surface area contributed by atoms with Crippen LogP contribution in [-0.2, 0) is 28.3 Å². The zero-order valence-corrected chi connectivity index (χ0v) is 21.5. The van der Waals surface area contributed by atoms with Crippen molar-refractivity contribution in [1.29, 1.82) is 0 Å². The first-order valence-electron chi connectivity index (χ1n) is 10.6. The summed E-state index contributed by atoms with van der Waals surface area (Å²) >= 11 is 11.4. The molecule has 2 amide bonds. The highest BCUT2D eigenvalue weighted by molar-refractivity contribution is 9.10. The average molecular weight is 546 g/mol. The number of halogens is 2. The molecule has 0 bridgehead atoms. The number of carbonyl (C=O) groups excluding carboxylic acids is 2. The van der Waals surface area contributed by atoms with Gasteiger partial charge in [-0.2, -0.15) is 0 Å². The standard InChI is InChI=1S/C26H26BrClN2O2S/c1-29-26(32)24(15-19-7-3-2-4-8-19)30(16-21-9-5-6-10-23(21)28)25(31)18-33-17-20-11-13-22(27)14-12-20/h2-14,24H,15-18H2,1H3,(H,29,32).